The zero-order valence-electron chi connectivity index (χ0n) is 14.9. The van der Waals surface area contributed by atoms with Crippen molar-refractivity contribution in [2.24, 2.45) is 5.92 Å². The number of nitrogens with zero attached hydrogens (tertiary/aromatic N) is 2. The molecule has 0 unspecified atom stereocenters. The molecule has 1 N–H and O–H groups in total. The first-order chi connectivity index (χ1) is 12.7. The Hall–Kier alpha value is -2.60. The van der Waals surface area contributed by atoms with Gasteiger partial charge in [-0.1, -0.05) is 0 Å². The third-order valence-corrected chi connectivity index (χ3v) is 4.50. The van der Waals surface area contributed by atoms with Crippen molar-refractivity contribution in [2.45, 2.75) is 19.4 Å². The minimum atomic E-state index is -0.516. The van der Waals surface area contributed by atoms with Crippen LogP contribution in [0.1, 0.15) is 12.5 Å². The Morgan fingerprint density at radius 2 is 1.77 bits per heavy atom. The van der Waals surface area contributed by atoms with Crippen LogP contribution in [0.25, 0.3) is 0 Å². The van der Waals surface area contributed by atoms with Crippen molar-refractivity contribution < 1.29 is 19.4 Å². The summed E-state index contributed by atoms with van der Waals surface area (Å²) in [4.78, 5) is 18.1. The van der Waals surface area contributed by atoms with Crippen LogP contribution in [-0.4, -0.2) is 53.3 Å². The fraction of sp³-hybridized carbons (Fsp3) is 0.400. The van der Waals surface area contributed by atoms with E-state index in [1.54, 1.807) is 29.4 Å². The number of likely N-dealkylation sites (tertiary alicyclic amines) is 1. The highest BCUT2D eigenvalue weighted by Gasteiger charge is 2.34. The summed E-state index contributed by atoms with van der Waals surface area (Å²) in [5.41, 5.74) is 1.11. The number of aromatic nitrogens is 1. The number of ether oxygens (including phenoxy) is 2. The summed E-state index contributed by atoms with van der Waals surface area (Å²) in [5, 5.41) is 10.3. The van der Waals surface area contributed by atoms with Gasteiger partial charge in [0, 0.05) is 31.4 Å². The predicted octanol–water partition coefficient (Wildman–Crippen LogP) is 1.92. The minimum absolute atomic E-state index is 0.0341. The number of β-amino-alcohol motifs (C(OH)–C–C–N with tert-alkyl or cyclic N) is 1. The van der Waals surface area contributed by atoms with Crippen LogP contribution in [0.15, 0.2) is 48.8 Å². The average molecular weight is 356 g/mol. The highest BCUT2D eigenvalue weighted by molar-refractivity contribution is 5.78. The van der Waals surface area contributed by atoms with E-state index in [0.717, 1.165) is 17.7 Å². The highest BCUT2D eigenvalue weighted by atomic mass is 16.5. The second-order valence-electron chi connectivity index (χ2n) is 6.38. The molecule has 0 aliphatic carbocycles. The zero-order chi connectivity index (χ0) is 18.4. The van der Waals surface area contributed by atoms with E-state index < -0.39 is 6.10 Å². The van der Waals surface area contributed by atoms with Crippen LogP contribution in [0, 0.1) is 5.92 Å². The number of amides is 1. The number of aliphatic hydroxyl groups is 1. The molecular weight excluding hydrogens is 332 g/mol. The molecular formula is C20H24N2O4. The molecule has 1 fully saturated rings. The number of aliphatic hydroxyl groups excluding tert-OH is 1. The van der Waals surface area contributed by atoms with Gasteiger partial charge in [-0.25, -0.2) is 0 Å². The summed E-state index contributed by atoms with van der Waals surface area (Å²) in [6.45, 7) is 3.38. The molecule has 2 heterocycles. The van der Waals surface area contributed by atoms with Gasteiger partial charge < -0.3 is 19.5 Å². The van der Waals surface area contributed by atoms with Gasteiger partial charge >= 0.3 is 0 Å². The van der Waals surface area contributed by atoms with E-state index in [-0.39, 0.29) is 18.4 Å². The SMILES string of the molecule is CCOc1ccc(OCC(=O)N2C[C@@H](Cc3ccncc3)[C@H](O)C2)cc1. The van der Waals surface area contributed by atoms with Crippen molar-refractivity contribution >= 4 is 5.91 Å². The first kappa shape index (κ1) is 18.2. The van der Waals surface area contributed by atoms with Crippen molar-refractivity contribution in [1.82, 2.24) is 9.88 Å². The van der Waals surface area contributed by atoms with E-state index in [1.165, 1.54) is 0 Å². The molecule has 26 heavy (non-hydrogen) atoms. The lowest BCUT2D eigenvalue weighted by Gasteiger charge is -2.16. The molecule has 6 heteroatoms. The molecule has 138 valence electrons. The summed E-state index contributed by atoms with van der Waals surface area (Å²) >= 11 is 0. The second kappa shape index (κ2) is 8.67. The number of carbonyl (C=O) groups excluding carboxylic acids is 1. The van der Waals surface area contributed by atoms with Gasteiger partial charge in [-0.15, -0.1) is 0 Å². The van der Waals surface area contributed by atoms with E-state index in [9.17, 15) is 9.90 Å². The van der Waals surface area contributed by atoms with Crippen LogP contribution in [0.2, 0.25) is 0 Å². The zero-order valence-corrected chi connectivity index (χ0v) is 14.9. The number of carbonyl (C=O) groups is 1. The quantitative estimate of drug-likeness (QED) is 0.821. The van der Waals surface area contributed by atoms with E-state index >= 15 is 0 Å². The lowest BCUT2D eigenvalue weighted by molar-refractivity contribution is -0.132. The standard InChI is InChI=1S/C20H24N2O4/c1-2-25-17-3-5-18(6-4-17)26-14-20(24)22-12-16(19(23)13-22)11-15-7-9-21-10-8-15/h3-10,16,19,23H,2,11-14H2,1H3/t16-,19-/m1/s1. The fourth-order valence-electron chi connectivity index (χ4n) is 3.12. The lowest BCUT2D eigenvalue weighted by atomic mass is 9.97. The maximum Gasteiger partial charge on any atom is 0.260 e. The largest absolute Gasteiger partial charge is 0.494 e. The van der Waals surface area contributed by atoms with E-state index in [0.29, 0.717) is 25.4 Å². The van der Waals surface area contributed by atoms with E-state index in [1.807, 2.05) is 31.2 Å². The topological polar surface area (TPSA) is 71.9 Å². The number of hydrogen-bond donors (Lipinski definition) is 1. The van der Waals surface area contributed by atoms with Crippen LogP contribution in [0.5, 0.6) is 11.5 Å². The third-order valence-electron chi connectivity index (χ3n) is 4.50. The number of hydrogen-bond acceptors (Lipinski definition) is 5. The number of pyridine rings is 1. The molecule has 1 aliphatic rings. The lowest BCUT2D eigenvalue weighted by Crippen LogP contribution is -2.33. The van der Waals surface area contributed by atoms with Crippen molar-refractivity contribution in [1.29, 1.82) is 0 Å². The number of rotatable bonds is 7. The van der Waals surface area contributed by atoms with Crippen LogP contribution < -0.4 is 9.47 Å². The Kier molecular flexibility index (Phi) is 6.07. The first-order valence-electron chi connectivity index (χ1n) is 8.86. The van der Waals surface area contributed by atoms with Gasteiger partial charge in [0.2, 0.25) is 0 Å². The molecule has 0 radical (unpaired) electrons. The third kappa shape index (κ3) is 4.73. The predicted molar refractivity (Wildman–Crippen MR) is 97.1 cm³/mol. The van der Waals surface area contributed by atoms with Gasteiger partial charge in [0.25, 0.3) is 5.91 Å². The Bertz CT molecular complexity index is 706. The van der Waals surface area contributed by atoms with Gasteiger partial charge in [-0.3, -0.25) is 9.78 Å². The van der Waals surface area contributed by atoms with Gasteiger partial charge in [-0.05, 0) is 55.3 Å². The molecule has 1 aromatic carbocycles. The van der Waals surface area contributed by atoms with Crippen molar-refractivity contribution in [3.05, 3.63) is 54.4 Å². The molecule has 1 saturated heterocycles. The summed E-state index contributed by atoms with van der Waals surface area (Å²) in [5.74, 6) is 1.31. The van der Waals surface area contributed by atoms with Crippen LogP contribution in [-0.2, 0) is 11.2 Å². The molecule has 0 spiro atoms. The summed E-state index contributed by atoms with van der Waals surface area (Å²) in [7, 11) is 0. The molecule has 2 atom stereocenters. The number of benzene rings is 1. The molecule has 0 saturated carbocycles. The van der Waals surface area contributed by atoms with Gasteiger partial charge in [0.1, 0.15) is 11.5 Å². The first-order valence-corrected chi connectivity index (χ1v) is 8.86. The van der Waals surface area contributed by atoms with E-state index in [4.69, 9.17) is 9.47 Å². The van der Waals surface area contributed by atoms with Crippen LogP contribution in [0.4, 0.5) is 0 Å². The van der Waals surface area contributed by atoms with Gasteiger partial charge in [-0.2, -0.15) is 0 Å². The molecule has 1 aromatic heterocycles. The monoisotopic (exact) mass is 356 g/mol. The fourth-order valence-corrected chi connectivity index (χ4v) is 3.12. The maximum atomic E-state index is 12.4. The summed E-state index contributed by atoms with van der Waals surface area (Å²) in [6, 6.07) is 11.1. The highest BCUT2D eigenvalue weighted by Crippen LogP contribution is 2.22. The molecule has 2 aromatic rings. The minimum Gasteiger partial charge on any atom is -0.494 e. The average Bonchev–Trinajstić information content (AvgIpc) is 3.03. The summed E-state index contributed by atoms with van der Waals surface area (Å²) in [6.07, 6.45) is 3.69. The normalized spacial score (nSPS) is 19.4. The molecule has 1 aliphatic heterocycles. The molecule has 3 rings (SSSR count). The Balaban J connectivity index is 1.49. The Morgan fingerprint density at radius 3 is 2.42 bits per heavy atom. The summed E-state index contributed by atoms with van der Waals surface area (Å²) < 4.78 is 10.9. The molecule has 1 amide bonds. The smallest absolute Gasteiger partial charge is 0.260 e. The van der Waals surface area contributed by atoms with Crippen molar-refractivity contribution in [3.8, 4) is 11.5 Å². The van der Waals surface area contributed by atoms with Gasteiger partial charge in [0.15, 0.2) is 6.61 Å². The van der Waals surface area contributed by atoms with Crippen LogP contribution in [0.3, 0.4) is 0 Å². The van der Waals surface area contributed by atoms with Gasteiger partial charge in [0.05, 0.1) is 12.7 Å². The Labute approximate surface area is 153 Å². The van der Waals surface area contributed by atoms with Crippen molar-refractivity contribution in [3.63, 3.8) is 0 Å². The van der Waals surface area contributed by atoms with E-state index in [2.05, 4.69) is 4.98 Å². The Morgan fingerprint density at radius 1 is 1.12 bits per heavy atom. The van der Waals surface area contributed by atoms with Crippen molar-refractivity contribution in [2.75, 3.05) is 26.3 Å². The van der Waals surface area contributed by atoms with Crippen LogP contribution >= 0.6 is 0 Å². The molecule has 6 nitrogen and oxygen atoms in total. The second-order valence-corrected chi connectivity index (χ2v) is 6.38. The maximum absolute atomic E-state index is 12.4. The molecule has 0 bridgehead atoms.